The van der Waals surface area contributed by atoms with Gasteiger partial charge in [0.05, 0.1) is 23.7 Å². The zero-order valence-electron chi connectivity index (χ0n) is 15.7. The molecule has 27 heavy (non-hydrogen) atoms. The van der Waals surface area contributed by atoms with E-state index in [4.69, 9.17) is 0 Å². The van der Waals surface area contributed by atoms with Gasteiger partial charge in [-0.1, -0.05) is 18.2 Å². The Morgan fingerprint density at radius 1 is 1.30 bits per heavy atom. The maximum Gasteiger partial charge on any atom is 0.194 e. The van der Waals surface area contributed by atoms with Crippen molar-refractivity contribution in [2.75, 3.05) is 25.9 Å². The molecule has 2 aromatic rings. The molecule has 0 bridgehead atoms. The summed E-state index contributed by atoms with van der Waals surface area (Å²) in [6, 6.07) is 10.5. The average molecular weight is 569 g/mol. The molecular formula is C18H26BrIN4O2S. The van der Waals surface area contributed by atoms with Gasteiger partial charge < -0.3 is 14.8 Å². The summed E-state index contributed by atoms with van der Waals surface area (Å²) < 4.78 is 27.8. The van der Waals surface area contributed by atoms with Crippen molar-refractivity contribution in [3.63, 3.8) is 0 Å². The first kappa shape index (κ1) is 24.0. The van der Waals surface area contributed by atoms with Gasteiger partial charge in [-0.15, -0.1) is 24.0 Å². The number of nitrogens with one attached hydrogen (secondary N) is 1. The Balaban J connectivity index is 0.00000364. The Morgan fingerprint density at radius 3 is 2.52 bits per heavy atom. The number of guanidine groups is 1. The molecule has 0 spiro atoms. The number of hydrogen-bond acceptors (Lipinski definition) is 3. The van der Waals surface area contributed by atoms with Crippen LogP contribution < -0.4 is 5.32 Å². The Kier molecular flexibility index (Phi) is 9.82. The van der Waals surface area contributed by atoms with Crippen molar-refractivity contribution in [3.05, 3.63) is 52.8 Å². The molecule has 1 heterocycles. The SMILES string of the molecule is CCNC(=NCCS(=O)(=O)c1ccccc1)N(C)Cc1cc(Br)cn1C.I. The van der Waals surface area contributed by atoms with E-state index in [0.717, 1.165) is 10.2 Å². The normalized spacial score (nSPS) is 11.8. The molecule has 1 N–H and O–H groups in total. The number of sulfone groups is 1. The quantitative estimate of drug-likeness (QED) is 0.316. The summed E-state index contributed by atoms with van der Waals surface area (Å²) >= 11 is 3.47. The minimum absolute atomic E-state index is 0. The number of hydrogen-bond donors (Lipinski definition) is 1. The van der Waals surface area contributed by atoms with Gasteiger partial charge in [-0.2, -0.15) is 0 Å². The molecular weight excluding hydrogens is 543 g/mol. The second kappa shape index (κ2) is 11.1. The summed E-state index contributed by atoms with van der Waals surface area (Å²) in [5.41, 5.74) is 1.13. The highest BCUT2D eigenvalue weighted by Gasteiger charge is 2.14. The maximum absolute atomic E-state index is 12.4. The van der Waals surface area contributed by atoms with E-state index in [1.54, 1.807) is 30.3 Å². The maximum atomic E-state index is 12.4. The molecule has 0 amide bonds. The molecule has 0 radical (unpaired) electrons. The van der Waals surface area contributed by atoms with Gasteiger partial charge in [-0.3, -0.25) is 4.99 Å². The number of nitrogens with zero attached hydrogens (tertiary/aromatic N) is 3. The van der Waals surface area contributed by atoms with E-state index in [1.165, 1.54) is 0 Å². The first-order chi connectivity index (χ1) is 12.3. The van der Waals surface area contributed by atoms with Crippen LogP contribution in [0.25, 0.3) is 0 Å². The van der Waals surface area contributed by atoms with Crippen LogP contribution in [-0.2, 0) is 23.4 Å². The Hall–Kier alpha value is -1.07. The van der Waals surface area contributed by atoms with Crippen molar-refractivity contribution in [2.24, 2.45) is 12.0 Å². The summed E-state index contributed by atoms with van der Waals surface area (Å²) in [5.74, 6) is 0.670. The smallest absolute Gasteiger partial charge is 0.194 e. The molecule has 1 aromatic carbocycles. The van der Waals surface area contributed by atoms with E-state index >= 15 is 0 Å². The van der Waals surface area contributed by atoms with Gasteiger partial charge in [-0.25, -0.2) is 8.42 Å². The highest BCUT2D eigenvalue weighted by molar-refractivity contribution is 14.0. The first-order valence-electron chi connectivity index (χ1n) is 8.41. The summed E-state index contributed by atoms with van der Waals surface area (Å²) in [4.78, 5) is 6.81. The minimum Gasteiger partial charge on any atom is -0.357 e. The molecule has 0 saturated heterocycles. The lowest BCUT2D eigenvalue weighted by Gasteiger charge is -2.22. The Morgan fingerprint density at radius 2 is 1.96 bits per heavy atom. The zero-order valence-corrected chi connectivity index (χ0v) is 20.5. The van der Waals surface area contributed by atoms with E-state index in [9.17, 15) is 8.42 Å². The van der Waals surface area contributed by atoms with Crippen LogP contribution in [0.3, 0.4) is 0 Å². The van der Waals surface area contributed by atoms with Crippen LogP contribution in [0.5, 0.6) is 0 Å². The third-order valence-corrected chi connectivity index (χ3v) is 6.04. The van der Waals surface area contributed by atoms with E-state index in [-0.39, 0.29) is 36.3 Å². The fourth-order valence-electron chi connectivity index (χ4n) is 2.53. The number of aryl methyl sites for hydroxylation is 1. The molecule has 9 heteroatoms. The molecule has 0 saturated carbocycles. The molecule has 150 valence electrons. The number of aromatic nitrogens is 1. The van der Waals surface area contributed by atoms with Crippen LogP contribution >= 0.6 is 39.9 Å². The number of rotatable bonds is 7. The van der Waals surface area contributed by atoms with Gasteiger partial charge >= 0.3 is 0 Å². The molecule has 0 aliphatic carbocycles. The molecule has 6 nitrogen and oxygen atoms in total. The Bertz CT molecular complexity index is 854. The van der Waals surface area contributed by atoms with E-state index < -0.39 is 9.84 Å². The zero-order chi connectivity index (χ0) is 19.2. The molecule has 0 unspecified atom stereocenters. The van der Waals surface area contributed by atoms with E-state index in [0.29, 0.717) is 23.9 Å². The number of benzene rings is 1. The lowest BCUT2D eigenvalue weighted by atomic mass is 10.4. The van der Waals surface area contributed by atoms with Crippen molar-refractivity contribution < 1.29 is 8.42 Å². The van der Waals surface area contributed by atoms with Gasteiger partial charge in [-0.05, 0) is 41.1 Å². The first-order valence-corrected chi connectivity index (χ1v) is 10.9. The van der Waals surface area contributed by atoms with Crippen LogP contribution in [0, 0.1) is 0 Å². The third kappa shape index (κ3) is 7.11. The van der Waals surface area contributed by atoms with Crippen molar-refractivity contribution in [3.8, 4) is 0 Å². The van der Waals surface area contributed by atoms with Crippen LogP contribution in [-0.4, -0.2) is 49.7 Å². The van der Waals surface area contributed by atoms with Gasteiger partial charge in [0, 0.05) is 37.0 Å². The largest absolute Gasteiger partial charge is 0.357 e. The van der Waals surface area contributed by atoms with Gasteiger partial charge in [0.1, 0.15) is 0 Å². The van der Waals surface area contributed by atoms with Crippen LogP contribution in [0.15, 0.2) is 57.0 Å². The highest BCUT2D eigenvalue weighted by Crippen LogP contribution is 2.15. The van der Waals surface area contributed by atoms with Crippen LogP contribution in [0.4, 0.5) is 0 Å². The second-order valence-corrected chi connectivity index (χ2v) is 9.01. The third-order valence-electron chi connectivity index (χ3n) is 3.89. The van der Waals surface area contributed by atoms with E-state index in [1.807, 2.05) is 36.7 Å². The van der Waals surface area contributed by atoms with E-state index in [2.05, 4.69) is 32.3 Å². The number of aliphatic imine (C=N–C) groups is 1. The summed E-state index contributed by atoms with van der Waals surface area (Å²) in [6.45, 7) is 3.58. The average Bonchev–Trinajstić information content (AvgIpc) is 2.92. The second-order valence-electron chi connectivity index (χ2n) is 5.98. The summed E-state index contributed by atoms with van der Waals surface area (Å²) in [6.07, 6.45) is 2.00. The predicted molar refractivity (Wildman–Crippen MR) is 124 cm³/mol. The molecule has 0 atom stereocenters. The lowest BCUT2D eigenvalue weighted by Crippen LogP contribution is -2.39. The lowest BCUT2D eigenvalue weighted by molar-refractivity contribution is 0.462. The summed E-state index contributed by atoms with van der Waals surface area (Å²) in [7, 11) is 0.607. The molecule has 0 aliphatic heterocycles. The van der Waals surface area contributed by atoms with Crippen molar-refractivity contribution in [1.82, 2.24) is 14.8 Å². The molecule has 0 aliphatic rings. The standard InChI is InChI=1S/C18H25BrN4O2S.HI/c1-4-20-18(23(3)14-16-12-15(19)13-22(16)2)21-10-11-26(24,25)17-8-6-5-7-9-17;/h5-9,12-13H,4,10-11,14H2,1-3H3,(H,20,21);1H. The number of halogens is 2. The van der Waals surface area contributed by atoms with Gasteiger partial charge in [0.25, 0.3) is 0 Å². The highest BCUT2D eigenvalue weighted by atomic mass is 127. The fraction of sp³-hybridized carbons (Fsp3) is 0.389. The van der Waals surface area contributed by atoms with Crippen molar-refractivity contribution in [1.29, 1.82) is 0 Å². The van der Waals surface area contributed by atoms with Crippen molar-refractivity contribution >= 4 is 55.7 Å². The van der Waals surface area contributed by atoms with Crippen molar-refractivity contribution in [2.45, 2.75) is 18.4 Å². The minimum atomic E-state index is -3.32. The Labute approximate surface area is 187 Å². The monoisotopic (exact) mass is 568 g/mol. The topological polar surface area (TPSA) is 66.7 Å². The summed E-state index contributed by atoms with van der Waals surface area (Å²) in [5, 5.41) is 3.22. The molecule has 1 aromatic heterocycles. The molecule has 0 fully saturated rings. The van der Waals surface area contributed by atoms with Crippen LogP contribution in [0.1, 0.15) is 12.6 Å². The predicted octanol–water partition coefficient (Wildman–Crippen LogP) is 3.28. The fourth-order valence-corrected chi connectivity index (χ4v) is 4.24. The van der Waals surface area contributed by atoms with Gasteiger partial charge in [0.15, 0.2) is 15.8 Å². The molecule has 2 rings (SSSR count). The van der Waals surface area contributed by atoms with Crippen LogP contribution in [0.2, 0.25) is 0 Å². The van der Waals surface area contributed by atoms with Gasteiger partial charge in [0.2, 0.25) is 0 Å².